The van der Waals surface area contributed by atoms with E-state index in [0.29, 0.717) is 12.2 Å². The van der Waals surface area contributed by atoms with Crippen molar-refractivity contribution in [2.24, 2.45) is 7.05 Å². The van der Waals surface area contributed by atoms with E-state index >= 15 is 0 Å². The van der Waals surface area contributed by atoms with E-state index in [1.165, 1.54) is 9.58 Å². The summed E-state index contributed by atoms with van der Waals surface area (Å²) in [6, 6.07) is 0. The first-order valence-electron chi connectivity index (χ1n) is 7.22. The molecule has 0 saturated carbocycles. The Bertz CT molecular complexity index is 761. The molecule has 2 aromatic heterocycles. The Balaban J connectivity index is 2.28. The van der Waals surface area contributed by atoms with Crippen LogP contribution >= 0.6 is 0 Å². The van der Waals surface area contributed by atoms with E-state index in [4.69, 9.17) is 0 Å². The molecule has 9 heteroatoms. The van der Waals surface area contributed by atoms with E-state index in [2.05, 4.69) is 10.2 Å². The molecule has 0 aliphatic rings. The molecule has 0 N–H and O–H groups in total. The summed E-state index contributed by atoms with van der Waals surface area (Å²) in [5.74, 6) is -0.482. The number of amides is 1. The number of nitrogens with zero attached hydrogens (tertiary/aromatic N) is 6. The number of rotatable bonds is 5. The molecule has 0 fully saturated rings. The Morgan fingerprint density at radius 3 is 2.57 bits per heavy atom. The molecule has 1 amide bonds. The minimum absolute atomic E-state index is 0.141. The van der Waals surface area contributed by atoms with Crippen LogP contribution in [0.15, 0.2) is 6.20 Å². The standard InChI is InChI=1S/C14H20N6O3/c1-6-19-9(2)11(7-15-19)8-17(4)14(21)12-13(20(22)23)10(3)18(5)16-12/h7H,6,8H2,1-5H3. The summed E-state index contributed by atoms with van der Waals surface area (Å²) in [6.45, 7) is 6.54. The zero-order valence-corrected chi connectivity index (χ0v) is 13.9. The Labute approximate surface area is 133 Å². The summed E-state index contributed by atoms with van der Waals surface area (Å²) in [7, 11) is 3.17. The first-order chi connectivity index (χ1) is 10.8. The van der Waals surface area contributed by atoms with Crippen molar-refractivity contribution in [3.8, 4) is 0 Å². The van der Waals surface area contributed by atoms with Gasteiger partial charge in [0.15, 0.2) is 0 Å². The van der Waals surface area contributed by atoms with Crippen LogP contribution in [0, 0.1) is 24.0 Å². The number of aryl methyl sites for hydroxylation is 2. The van der Waals surface area contributed by atoms with Crippen molar-refractivity contribution in [1.82, 2.24) is 24.5 Å². The molecule has 2 heterocycles. The molecule has 0 bridgehead atoms. The average Bonchev–Trinajstić information content (AvgIpc) is 2.99. The topological polar surface area (TPSA) is 99.1 Å². The highest BCUT2D eigenvalue weighted by molar-refractivity contribution is 5.96. The van der Waals surface area contributed by atoms with Gasteiger partial charge in [-0.1, -0.05) is 0 Å². The minimum Gasteiger partial charge on any atom is -0.336 e. The molecule has 9 nitrogen and oxygen atoms in total. The molecule has 0 spiro atoms. The van der Waals surface area contributed by atoms with Crippen LogP contribution in [0.25, 0.3) is 0 Å². The molecule has 0 aliphatic heterocycles. The lowest BCUT2D eigenvalue weighted by Gasteiger charge is -2.15. The van der Waals surface area contributed by atoms with Gasteiger partial charge in [-0.15, -0.1) is 0 Å². The van der Waals surface area contributed by atoms with Crippen LogP contribution in [-0.2, 0) is 20.1 Å². The fourth-order valence-corrected chi connectivity index (χ4v) is 2.43. The Kier molecular flexibility index (Phi) is 4.48. The third-order valence-corrected chi connectivity index (χ3v) is 3.95. The Morgan fingerprint density at radius 1 is 1.39 bits per heavy atom. The lowest BCUT2D eigenvalue weighted by Crippen LogP contribution is -2.27. The van der Waals surface area contributed by atoms with Crippen molar-refractivity contribution >= 4 is 11.6 Å². The Hall–Kier alpha value is -2.71. The van der Waals surface area contributed by atoms with Crippen LogP contribution in [0.2, 0.25) is 0 Å². The van der Waals surface area contributed by atoms with Crippen LogP contribution in [-0.4, -0.2) is 42.3 Å². The van der Waals surface area contributed by atoms with E-state index in [0.717, 1.165) is 17.8 Å². The molecular weight excluding hydrogens is 300 g/mol. The third kappa shape index (κ3) is 2.94. The molecule has 2 aromatic rings. The van der Waals surface area contributed by atoms with Gasteiger partial charge in [0, 0.05) is 38.4 Å². The van der Waals surface area contributed by atoms with E-state index < -0.39 is 10.8 Å². The van der Waals surface area contributed by atoms with Gasteiger partial charge in [0.25, 0.3) is 5.91 Å². The summed E-state index contributed by atoms with van der Waals surface area (Å²) >= 11 is 0. The van der Waals surface area contributed by atoms with Crippen LogP contribution < -0.4 is 0 Å². The van der Waals surface area contributed by atoms with Crippen molar-refractivity contribution < 1.29 is 9.72 Å². The molecule has 0 radical (unpaired) electrons. The normalized spacial score (nSPS) is 10.8. The summed E-state index contributed by atoms with van der Waals surface area (Å²) < 4.78 is 3.18. The fourth-order valence-electron chi connectivity index (χ4n) is 2.43. The van der Waals surface area contributed by atoms with Crippen LogP contribution in [0.5, 0.6) is 0 Å². The van der Waals surface area contributed by atoms with Crippen molar-refractivity contribution in [2.75, 3.05) is 7.05 Å². The lowest BCUT2D eigenvalue weighted by molar-refractivity contribution is -0.385. The van der Waals surface area contributed by atoms with Gasteiger partial charge >= 0.3 is 5.69 Å². The van der Waals surface area contributed by atoms with Crippen LogP contribution in [0.1, 0.15) is 34.4 Å². The number of aromatic nitrogens is 4. The maximum atomic E-state index is 12.5. The van der Waals surface area contributed by atoms with Gasteiger partial charge in [-0.25, -0.2) is 0 Å². The highest BCUT2D eigenvalue weighted by Gasteiger charge is 2.31. The van der Waals surface area contributed by atoms with Gasteiger partial charge in [0.2, 0.25) is 5.69 Å². The summed E-state index contributed by atoms with van der Waals surface area (Å²) in [6.07, 6.45) is 1.71. The second kappa shape index (κ2) is 6.19. The predicted molar refractivity (Wildman–Crippen MR) is 83.0 cm³/mol. The Morgan fingerprint density at radius 2 is 2.04 bits per heavy atom. The van der Waals surface area contributed by atoms with Gasteiger partial charge < -0.3 is 4.90 Å². The number of carbonyl (C=O) groups excluding carboxylic acids is 1. The zero-order chi connectivity index (χ0) is 17.3. The van der Waals surface area contributed by atoms with Crippen molar-refractivity contribution in [1.29, 1.82) is 0 Å². The van der Waals surface area contributed by atoms with E-state index in [-0.39, 0.29) is 11.4 Å². The van der Waals surface area contributed by atoms with Gasteiger partial charge in [0.1, 0.15) is 5.69 Å². The van der Waals surface area contributed by atoms with E-state index in [9.17, 15) is 14.9 Å². The molecule has 0 unspecified atom stereocenters. The highest BCUT2D eigenvalue weighted by atomic mass is 16.6. The minimum atomic E-state index is -0.566. The molecule has 124 valence electrons. The number of nitro groups is 1. The van der Waals surface area contributed by atoms with Crippen molar-refractivity contribution in [3.05, 3.63) is 39.0 Å². The molecule has 0 saturated heterocycles. The molecular formula is C14H20N6O3. The number of hydrogen-bond donors (Lipinski definition) is 0. The summed E-state index contributed by atoms with van der Waals surface area (Å²) in [5.41, 5.74) is 1.84. The first-order valence-corrected chi connectivity index (χ1v) is 7.22. The number of carbonyl (C=O) groups is 1. The summed E-state index contributed by atoms with van der Waals surface area (Å²) in [4.78, 5) is 24.6. The third-order valence-electron chi connectivity index (χ3n) is 3.95. The number of hydrogen-bond acceptors (Lipinski definition) is 5. The van der Waals surface area contributed by atoms with E-state index in [1.54, 1.807) is 27.2 Å². The summed E-state index contributed by atoms with van der Waals surface area (Å²) in [5, 5.41) is 19.4. The molecule has 0 aliphatic carbocycles. The second-order valence-corrected chi connectivity index (χ2v) is 5.40. The van der Waals surface area contributed by atoms with Gasteiger partial charge in [-0.05, 0) is 20.8 Å². The lowest BCUT2D eigenvalue weighted by atomic mass is 10.2. The second-order valence-electron chi connectivity index (χ2n) is 5.40. The predicted octanol–water partition coefficient (Wildman–Crippen LogP) is 1.43. The maximum Gasteiger partial charge on any atom is 0.322 e. The fraction of sp³-hybridized carbons (Fsp3) is 0.500. The van der Waals surface area contributed by atoms with Crippen molar-refractivity contribution in [2.45, 2.75) is 33.9 Å². The quantitative estimate of drug-likeness (QED) is 0.613. The van der Waals surface area contributed by atoms with Gasteiger partial charge in [-0.2, -0.15) is 10.2 Å². The molecule has 0 atom stereocenters. The van der Waals surface area contributed by atoms with Crippen molar-refractivity contribution in [3.63, 3.8) is 0 Å². The smallest absolute Gasteiger partial charge is 0.322 e. The highest BCUT2D eigenvalue weighted by Crippen LogP contribution is 2.23. The van der Waals surface area contributed by atoms with Gasteiger partial charge in [0.05, 0.1) is 11.1 Å². The molecule has 2 rings (SSSR count). The average molecular weight is 320 g/mol. The van der Waals surface area contributed by atoms with Crippen LogP contribution in [0.3, 0.4) is 0 Å². The maximum absolute atomic E-state index is 12.5. The first kappa shape index (κ1) is 16.7. The molecule has 23 heavy (non-hydrogen) atoms. The monoisotopic (exact) mass is 320 g/mol. The largest absolute Gasteiger partial charge is 0.336 e. The van der Waals surface area contributed by atoms with Gasteiger partial charge in [-0.3, -0.25) is 24.3 Å². The van der Waals surface area contributed by atoms with Crippen LogP contribution in [0.4, 0.5) is 5.69 Å². The van der Waals surface area contributed by atoms with E-state index in [1.807, 2.05) is 18.5 Å². The molecule has 0 aromatic carbocycles. The SMILES string of the molecule is CCn1ncc(CN(C)C(=O)c2nn(C)c(C)c2[N+](=O)[O-])c1C. The zero-order valence-electron chi connectivity index (χ0n) is 13.9.